The number of pyridine rings is 1. The minimum Gasteiger partial charge on any atom is -0.494 e. The van der Waals surface area contributed by atoms with Crippen LogP contribution >= 0.6 is 0 Å². The van der Waals surface area contributed by atoms with Crippen molar-refractivity contribution >= 4 is 16.5 Å². The van der Waals surface area contributed by atoms with Gasteiger partial charge >= 0.3 is 0 Å². The number of hydrogen-bond acceptors (Lipinski definition) is 4. The van der Waals surface area contributed by atoms with Gasteiger partial charge < -0.3 is 10.5 Å². The van der Waals surface area contributed by atoms with Crippen LogP contribution in [0.15, 0.2) is 41.6 Å². The number of anilines is 1. The van der Waals surface area contributed by atoms with Crippen LogP contribution in [0.3, 0.4) is 0 Å². The van der Waals surface area contributed by atoms with E-state index in [1.807, 2.05) is 0 Å². The summed E-state index contributed by atoms with van der Waals surface area (Å²) in [4.78, 5) is 4.28. The lowest BCUT2D eigenvalue weighted by Gasteiger charge is -2.08. The summed E-state index contributed by atoms with van der Waals surface area (Å²) in [5, 5.41) is 0. The number of hydrogen-bond donors (Lipinski definition) is 1. The molecule has 6 heteroatoms. The number of aromatic nitrogens is 1. The third-order valence-corrected chi connectivity index (χ3v) is 4.04. The van der Waals surface area contributed by atoms with Crippen LogP contribution in [0.1, 0.15) is 5.56 Å². The average Bonchev–Trinajstić information content (AvgIpc) is 2.41. The molecule has 1 aromatic carbocycles. The lowest BCUT2D eigenvalue weighted by atomic mass is 10.2. The number of rotatable bonds is 4. The molecule has 0 radical (unpaired) electrons. The molecular formula is C13H13FN2O2S. The molecule has 4 nitrogen and oxygen atoms in total. The summed E-state index contributed by atoms with van der Waals surface area (Å²) in [6.45, 7) is 0. The van der Waals surface area contributed by atoms with Crippen LogP contribution in [0.5, 0.6) is 5.75 Å². The van der Waals surface area contributed by atoms with E-state index in [0.717, 1.165) is 0 Å². The molecule has 19 heavy (non-hydrogen) atoms. The maximum atomic E-state index is 13.9. The zero-order valence-corrected chi connectivity index (χ0v) is 11.1. The van der Waals surface area contributed by atoms with Crippen LogP contribution < -0.4 is 10.5 Å². The standard InChI is InChI=1S/C13H13FN2O2S/c1-18-11-4-2-3-9(13(11)14)8-19(17)12-5-6-16-7-10(12)15/h2-7H,8,15H2,1H3. The molecule has 0 aliphatic heterocycles. The summed E-state index contributed by atoms with van der Waals surface area (Å²) in [6.07, 6.45) is 2.93. The molecule has 0 amide bonds. The minimum absolute atomic E-state index is 0.0389. The number of nitrogen functional groups attached to an aromatic ring is 1. The van der Waals surface area contributed by atoms with E-state index in [0.29, 0.717) is 16.1 Å². The summed E-state index contributed by atoms with van der Waals surface area (Å²) in [5.41, 5.74) is 6.36. The second-order valence-corrected chi connectivity index (χ2v) is 5.26. The zero-order valence-electron chi connectivity index (χ0n) is 10.3. The van der Waals surface area contributed by atoms with Crippen molar-refractivity contribution in [2.24, 2.45) is 0 Å². The number of halogens is 1. The van der Waals surface area contributed by atoms with Gasteiger partial charge in [-0.15, -0.1) is 0 Å². The molecule has 1 unspecified atom stereocenters. The molecule has 2 rings (SSSR count). The number of methoxy groups -OCH3 is 1. The number of nitrogens with zero attached hydrogens (tertiary/aromatic N) is 1. The Hall–Kier alpha value is -1.95. The van der Waals surface area contributed by atoms with Gasteiger partial charge in [0.15, 0.2) is 11.6 Å². The van der Waals surface area contributed by atoms with Gasteiger partial charge in [0.1, 0.15) is 0 Å². The van der Waals surface area contributed by atoms with Crippen LogP contribution in [0.4, 0.5) is 10.1 Å². The van der Waals surface area contributed by atoms with Crippen molar-refractivity contribution in [3.8, 4) is 5.75 Å². The second-order valence-electron chi connectivity index (χ2n) is 3.84. The third-order valence-electron chi connectivity index (χ3n) is 2.61. The third kappa shape index (κ3) is 2.90. The smallest absolute Gasteiger partial charge is 0.169 e. The first-order valence-corrected chi connectivity index (χ1v) is 6.84. The van der Waals surface area contributed by atoms with Crippen molar-refractivity contribution in [2.45, 2.75) is 10.6 Å². The fraction of sp³-hybridized carbons (Fsp3) is 0.154. The van der Waals surface area contributed by atoms with Crippen molar-refractivity contribution < 1.29 is 13.3 Å². The molecule has 0 bridgehead atoms. The minimum atomic E-state index is -1.43. The highest BCUT2D eigenvalue weighted by Crippen LogP contribution is 2.24. The molecular weight excluding hydrogens is 267 g/mol. The largest absolute Gasteiger partial charge is 0.494 e. The highest BCUT2D eigenvalue weighted by Gasteiger charge is 2.14. The molecule has 0 saturated heterocycles. The first-order valence-electron chi connectivity index (χ1n) is 5.52. The molecule has 0 aliphatic carbocycles. The van der Waals surface area contributed by atoms with Crippen molar-refractivity contribution in [1.29, 1.82) is 0 Å². The van der Waals surface area contributed by atoms with Gasteiger partial charge in [-0.25, -0.2) is 4.39 Å². The summed E-state index contributed by atoms with van der Waals surface area (Å²) >= 11 is 0. The first-order chi connectivity index (χ1) is 9.13. The SMILES string of the molecule is COc1cccc(CS(=O)c2ccncc2N)c1F. The summed E-state index contributed by atoms with van der Waals surface area (Å²) < 4.78 is 31.0. The second kappa shape index (κ2) is 5.79. The molecule has 100 valence electrons. The van der Waals surface area contributed by atoms with Gasteiger partial charge in [-0.2, -0.15) is 0 Å². The summed E-state index contributed by atoms with van der Waals surface area (Å²) in [6, 6.07) is 6.32. The maximum Gasteiger partial charge on any atom is 0.169 e. The zero-order chi connectivity index (χ0) is 13.8. The van der Waals surface area contributed by atoms with E-state index in [4.69, 9.17) is 10.5 Å². The number of benzene rings is 1. The molecule has 1 atom stereocenters. The van der Waals surface area contributed by atoms with Crippen molar-refractivity contribution in [1.82, 2.24) is 4.98 Å². The van der Waals surface area contributed by atoms with Gasteiger partial charge in [-0.3, -0.25) is 9.19 Å². The average molecular weight is 280 g/mol. The van der Waals surface area contributed by atoms with E-state index in [2.05, 4.69) is 4.98 Å². The lowest BCUT2D eigenvalue weighted by molar-refractivity contribution is 0.385. The molecule has 0 aliphatic rings. The molecule has 0 saturated carbocycles. The Labute approximate surface area is 112 Å². The van der Waals surface area contributed by atoms with Gasteiger partial charge in [0.05, 0.1) is 40.4 Å². The van der Waals surface area contributed by atoms with E-state index < -0.39 is 16.6 Å². The predicted molar refractivity (Wildman–Crippen MR) is 71.7 cm³/mol. The van der Waals surface area contributed by atoms with Gasteiger partial charge in [0.25, 0.3) is 0 Å². The highest BCUT2D eigenvalue weighted by molar-refractivity contribution is 7.84. The Balaban J connectivity index is 2.27. The van der Waals surface area contributed by atoms with Gasteiger partial charge in [-0.1, -0.05) is 12.1 Å². The molecule has 0 spiro atoms. The normalized spacial score (nSPS) is 12.1. The number of nitrogens with two attached hydrogens (primary N) is 1. The molecule has 1 aromatic heterocycles. The first kappa shape index (κ1) is 13.5. The Morgan fingerprint density at radius 1 is 1.42 bits per heavy atom. The van der Waals surface area contributed by atoms with Crippen molar-refractivity contribution in [3.63, 3.8) is 0 Å². The van der Waals surface area contributed by atoms with Crippen molar-refractivity contribution in [2.75, 3.05) is 12.8 Å². The Morgan fingerprint density at radius 3 is 2.89 bits per heavy atom. The monoisotopic (exact) mass is 280 g/mol. The van der Waals surface area contributed by atoms with E-state index in [1.165, 1.54) is 25.6 Å². The highest BCUT2D eigenvalue weighted by atomic mass is 32.2. The van der Waals surface area contributed by atoms with Crippen molar-refractivity contribution in [3.05, 3.63) is 48.0 Å². The van der Waals surface area contributed by atoms with Crippen LogP contribution in [0.2, 0.25) is 0 Å². The summed E-state index contributed by atoms with van der Waals surface area (Å²) in [5.74, 6) is -0.319. The van der Waals surface area contributed by atoms with Crippen LogP contribution in [0, 0.1) is 5.82 Å². The van der Waals surface area contributed by atoms with Gasteiger partial charge in [-0.05, 0) is 12.1 Å². The Bertz CT molecular complexity index is 619. The maximum absolute atomic E-state index is 13.9. The topological polar surface area (TPSA) is 65.2 Å². The van der Waals surface area contributed by atoms with E-state index in [-0.39, 0.29) is 11.5 Å². The van der Waals surface area contributed by atoms with E-state index in [9.17, 15) is 8.60 Å². The van der Waals surface area contributed by atoms with Crippen LogP contribution in [0.25, 0.3) is 0 Å². The lowest BCUT2D eigenvalue weighted by Crippen LogP contribution is -2.03. The molecule has 1 heterocycles. The molecule has 0 fully saturated rings. The predicted octanol–water partition coefficient (Wildman–Crippen LogP) is 2.12. The Morgan fingerprint density at radius 2 is 2.21 bits per heavy atom. The van der Waals surface area contributed by atoms with E-state index >= 15 is 0 Å². The van der Waals surface area contributed by atoms with Crippen LogP contribution in [-0.2, 0) is 16.6 Å². The number of ether oxygens (including phenoxy) is 1. The molecule has 2 N–H and O–H groups in total. The quantitative estimate of drug-likeness (QED) is 0.931. The van der Waals surface area contributed by atoms with Gasteiger partial charge in [0.2, 0.25) is 0 Å². The fourth-order valence-corrected chi connectivity index (χ4v) is 2.83. The Kier molecular flexibility index (Phi) is 4.11. The van der Waals surface area contributed by atoms with Crippen LogP contribution in [-0.4, -0.2) is 16.3 Å². The van der Waals surface area contributed by atoms with E-state index in [1.54, 1.807) is 18.2 Å². The fourth-order valence-electron chi connectivity index (χ4n) is 1.65. The molecule has 2 aromatic rings. The van der Waals surface area contributed by atoms with Gasteiger partial charge in [0, 0.05) is 11.8 Å². The summed E-state index contributed by atoms with van der Waals surface area (Å²) in [7, 11) is -0.0381.